The van der Waals surface area contributed by atoms with Crippen LogP contribution in [0, 0.1) is 0 Å². The van der Waals surface area contributed by atoms with Crippen LogP contribution < -0.4 is 14.2 Å². The van der Waals surface area contributed by atoms with Crippen molar-refractivity contribution in [3.05, 3.63) is 66.2 Å². The number of aromatic hydroxyl groups is 1. The first kappa shape index (κ1) is 18.7. The van der Waals surface area contributed by atoms with Gasteiger partial charge in [-0.2, -0.15) is 0 Å². The lowest BCUT2D eigenvalue weighted by molar-refractivity contribution is 0.324. The Morgan fingerprint density at radius 3 is 2.17 bits per heavy atom. The molecule has 148 valence electrons. The highest BCUT2D eigenvalue weighted by Crippen LogP contribution is 2.41. The fraction of sp³-hybridized carbons (Fsp3) is 0.174. The molecule has 1 aromatic heterocycles. The number of hydrogen-bond donors (Lipinski definition) is 1. The van der Waals surface area contributed by atoms with E-state index in [4.69, 9.17) is 19.2 Å². The lowest BCUT2D eigenvalue weighted by Gasteiger charge is -2.15. The average molecular weight is 390 g/mol. The predicted octanol–water partition coefficient (Wildman–Crippen LogP) is 4.48. The maximum Gasteiger partial charge on any atom is 0.203 e. The van der Waals surface area contributed by atoms with Gasteiger partial charge in [0.05, 0.1) is 32.4 Å². The van der Waals surface area contributed by atoms with Gasteiger partial charge in [-0.15, -0.1) is 0 Å². The van der Waals surface area contributed by atoms with Crippen LogP contribution in [0.5, 0.6) is 23.0 Å². The van der Waals surface area contributed by atoms with Crippen LogP contribution in [-0.2, 0) is 6.54 Å². The van der Waals surface area contributed by atoms with E-state index in [0.29, 0.717) is 23.8 Å². The minimum absolute atomic E-state index is 0.197. The van der Waals surface area contributed by atoms with E-state index in [-0.39, 0.29) is 5.75 Å². The number of nitrogens with zero attached hydrogens (tertiary/aromatic N) is 2. The quantitative estimate of drug-likeness (QED) is 0.526. The van der Waals surface area contributed by atoms with E-state index in [1.54, 1.807) is 33.5 Å². The fourth-order valence-corrected chi connectivity index (χ4v) is 3.47. The van der Waals surface area contributed by atoms with E-state index in [0.717, 1.165) is 28.0 Å². The van der Waals surface area contributed by atoms with E-state index < -0.39 is 0 Å². The summed E-state index contributed by atoms with van der Waals surface area (Å²) < 4.78 is 18.5. The van der Waals surface area contributed by atoms with Crippen molar-refractivity contribution >= 4 is 11.0 Å². The van der Waals surface area contributed by atoms with E-state index in [2.05, 4.69) is 16.7 Å². The average Bonchev–Trinajstić information content (AvgIpc) is 3.10. The largest absolute Gasteiger partial charge is 0.508 e. The molecule has 1 N–H and O–H groups in total. The van der Waals surface area contributed by atoms with Crippen LogP contribution >= 0.6 is 0 Å². The van der Waals surface area contributed by atoms with Gasteiger partial charge in [0.15, 0.2) is 11.5 Å². The number of phenolic OH excluding ortho intramolecular Hbond substituents is 1. The molecule has 4 aromatic rings. The van der Waals surface area contributed by atoms with Gasteiger partial charge in [-0.25, -0.2) is 4.98 Å². The third-order valence-electron chi connectivity index (χ3n) is 4.84. The number of methoxy groups -OCH3 is 3. The Morgan fingerprint density at radius 2 is 1.55 bits per heavy atom. The van der Waals surface area contributed by atoms with Gasteiger partial charge in [-0.3, -0.25) is 0 Å². The standard InChI is InChI=1S/C23H22N2O4/c1-27-20-11-16(12-21(28-2)22(20)29-3)23-24-18-10-9-17(26)13-19(18)25(23)14-15-7-5-4-6-8-15/h4-13,26H,14H2,1-3H3. The molecule has 0 aliphatic carbocycles. The lowest BCUT2D eigenvalue weighted by Crippen LogP contribution is -2.03. The van der Waals surface area contributed by atoms with Crippen molar-refractivity contribution in [1.29, 1.82) is 0 Å². The maximum atomic E-state index is 10.0. The summed E-state index contributed by atoms with van der Waals surface area (Å²) in [5.74, 6) is 2.59. The summed E-state index contributed by atoms with van der Waals surface area (Å²) in [6.45, 7) is 0.604. The van der Waals surface area contributed by atoms with Crippen LogP contribution in [0.2, 0.25) is 0 Å². The first-order chi connectivity index (χ1) is 14.1. The number of imidazole rings is 1. The molecule has 0 saturated carbocycles. The molecule has 3 aromatic carbocycles. The summed E-state index contributed by atoms with van der Waals surface area (Å²) >= 11 is 0. The van der Waals surface area contributed by atoms with E-state index in [9.17, 15) is 5.11 Å². The Labute approximate surface area is 168 Å². The van der Waals surface area contributed by atoms with Gasteiger partial charge < -0.3 is 23.9 Å². The molecule has 0 fully saturated rings. The molecule has 0 aliphatic rings. The number of hydrogen-bond acceptors (Lipinski definition) is 5. The molecule has 0 unspecified atom stereocenters. The minimum Gasteiger partial charge on any atom is -0.508 e. The SMILES string of the molecule is COc1cc(-c2nc3ccc(O)cc3n2Cc2ccccc2)cc(OC)c1OC. The van der Waals surface area contributed by atoms with Gasteiger partial charge in [0.2, 0.25) is 5.75 Å². The van der Waals surface area contributed by atoms with Crippen LogP contribution in [0.1, 0.15) is 5.56 Å². The second kappa shape index (κ2) is 7.75. The molecule has 6 heteroatoms. The molecule has 1 heterocycles. The molecule has 0 aliphatic heterocycles. The van der Waals surface area contributed by atoms with Crippen LogP contribution in [-0.4, -0.2) is 36.0 Å². The van der Waals surface area contributed by atoms with Crippen LogP contribution in [0.15, 0.2) is 60.7 Å². The van der Waals surface area contributed by atoms with Gasteiger partial charge in [0.25, 0.3) is 0 Å². The highest BCUT2D eigenvalue weighted by atomic mass is 16.5. The molecule has 0 atom stereocenters. The molecule has 0 spiro atoms. The second-order valence-electron chi connectivity index (χ2n) is 6.59. The third-order valence-corrected chi connectivity index (χ3v) is 4.84. The van der Waals surface area contributed by atoms with Crippen molar-refractivity contribution in [3.63, 3.8) is 0 Å². The van der Waals surface area contributed by atoms with Crippen molar-refractivity contribution < 1.29 is 19.3 Å². The normalized spacial score (nSPS) is 10.9. The molecule has 0 amide bonds. The van der Waals surface area contributed by atoms with E-state index in [1.807, 2.05) is 36.4 Å². The Hall–Kier alpha value is -3.67. The minimum atomic E-state index is 0.197. The number of rotatable bonds is 6. The highest BCUT2D eigenvalue weighted by Gasteiger charge is 2.19. The number of phenols is 1. The number of fused-ring (bicyclic) bond motifs is 1. The van der Waals surface area contributed by atoms with Gasteiger partial charge in [0, 0.05) is 18.2 Å². The fourth-order valence-electron chi connectivity index (χ4n) is 3.47. The molecule has 0 bridgehead atoms. The van der Waals surface area contributed by atoms with Crippen molar-refractivity contribution in [3.8, 4) is 34.4 Å². The van der Waals surface area contributed by atoms with Gasteiger partial charge in [-0.05, 0) is 29.8 Å². The van der Waals surface area contributed by atoms with Gasteiger partial charge in [0.1, 0.15) is 11.6 Å². The maximum absolute atomic E-state index is 10.0. The monoisotopic (exact) mass is 390 g/mol. The smallest absolute Gasteiger partial charge is 0.203 e. The molecule has 0 radical (unpaired) electrons. The van der Waals surface area contributed by atoms with E-state index >= 15 is 0 Å². The summed E-state index contributed by atoms with van der Waals surface area (Å²) in [6, 6.07) is 19.1. The molecule has 6 nitrogen and oxygen atoms in total. The molecular formula is C23H22N2O4. The van der Waals surface area contributed by atoms with Crippen molar-refractivity contribution in [2.45, 2.75) is 6.54 Å². The molecule has 4 rings (SSSR count). The number of ether oxygens (including phenoxy) is 3. The molecule has 29 heavy (non-hydrogen) atoms. The zero-order chi connectivity index (χ0) is 20.4. The highest BCUT2D eigenvalue weighted by molar-refractivity contribution is 5.83. The van der Waals surface area contributed by atoms with Crippen LogP contribution in [0.25, 0.3) is 22.4 Å². The molecular weight excluding hydrogens is 368 g/mol. The van der Waals surface area contributed by atoms with Crippen LogP contribution in [0.4, 0.5) is 0 Å². The third kappa shape index (κ3) is 3.45. The Kier molecular flexibility index (Phi) is 4.99. The van der Waals surface area contributed by atoms with Gasteiger partial charge >= 0.3 is 0 Å². The second-order valence-corrected chi connectivity index (χ2v) is 6.59. The summed E-state index contributed by atoms with van der Waals surface area (Å²) in [5, 5.41) is 10.0. The lowest BCUT2D eigenvalue weighted by atomic mass is 10.1. The Balaban J connectivity index is 1.95. The summed E-state index contributed by atoms with van der Waals surface area (Å²) in [5.41, 5.74) is 3.59. The van der Waals surface area contributed by atoms with Crippen molar-refractivity contribution in [2.75, 3.05) is 21.3 Å². The van der Waals surface area contributed by atoms with E-state index in [1.165, 1.54) is 0 Å². The zero-order valence-electron chi connectivity index (χ0n) is 16.5. The Morgan fingerprint density at radius 1 is 0.862 bits per heavy atom. The van der Waals surface area contributed by atoms with Gasteiger partial charge in [-0.1, -0.05) is 30.3 Å². The van der Waals surface area contributed by atoms with Crippen molar-refractivity contribution in [2.24, 2.45) is 0 Å². The van der Waals surface area contributed by atoms with Crippen LogP contribution in [0.3, 0.4) is 0 Å². The number of benzene rings is 3. The number of aromatic nitrogens is 2. The Bertz CT molecular complexity index is 1130. The molecule has 0 saturated heterocycles. The summed E-state index contributed by atoms with van der Waals surface area (Å²) in [7, 11) is 4.76. The summed E-state index contributed by atoms with van der Waals surface area (Å²) in [6.07, 6.45) is 0. The predicted molar refractivity (Wildman–Crippen MR) is 112 cm³/mol. The topological polar surface area (TPSA) is 65.7 Å². The van der Waals surface area contributed by atoms with Crippen molar-refractivity contribution in [1.82, 2.24) is 9.55 Å². The summed E-state index contributed by atoms with van der Waals surface area (Å²) in [4.78, 5) is 4.83. The first-order valence-electron chi connectivity index (χ1n) is 9.18. The first-order valence-corrected chi connectivity index (χ1v) is 9.18. The zero-order valence-corrected chi connectivity index (χ0v) is 16.5.